The van der Waals surface area contributed by atoms with Crippen molar-refractivity contribution in [2.75, 3.05) is 31.1 Å². The second-order valence-electron chi connectivity index (χ2n) is 8.57. The zero-order valence-corrected chi connectivity index (χ0v) is 17.9. The van der Waals surface area contributed by atoms with E-state index in [4.69, 9.17) is 0 Å². The van der Waals surface area contributed by atoms with E-state index >= 15 is 0 Å². The minimum Gasteiger partial charge on any atom is -0.369 e. The molecule has 1 atom stereocenters. The predicted octanol–water partition coefficient (Wildman–Crippen LogP) is 1.55. The third kappa shape index (κ3) is 4.00. The number of hydrogen-bond acceptors (Lipinski definition) is 6. The van der Waals surface area contributed by atoms with E-state index in [1.807, 2.05) is 12.1 Å². The van der Waals surface area contributed by atoms with E-state index in [0.717, 1.165) is 42.3 Å². The maximum atomic E-state index is 13.5. The Hall–Kier alpha value is -3.59. The van der Waals surface area contributed by atoms with Crippen LogP contribution in [0, 0.1) is 5.82 Å². The zero-order chi connectivity index (χ0) is 23.1. The van der Waals surface area contributed by atoms with Gasteiger partial charge in [0.2, 0.25) is 11.8 Å². The van der Waals surface area contributed by atoms with Gasteiger partial charge in [-0.25, -0.2) is 4.39 Å². The van der Waals surface area contributed by atoms with E-state index < -0.39 is 29.7 Å². The number of piperidine rings is 1. The highest BCUT2D eigenvalue weighted by Gasteiger charge is 2.44. The summed E-state index contributed by atoms with van der Waals surface area (Å²) in [5, 5.41) is 2.20. The van der Waals surface area contributed by atoms with Gasteiger partial charge in [0.1, 0.15) is 11.9 Å². The maximum absolute atomic E-state index is 13.5. The van der Waals surface area contributed by atoms with Crippen LogP contribution in [0.2, 0.25) is 0 Å². The molecule has 3 aliphatic heterocycles. The fourth-order valence-electron chi connectivity index (χ4n) is 4.71. The summed E-state index contributed by atoms with van der Waals surface area (Å²) in [7, 11) is 0. The lowest BCUT2D eigenvalue weighted by Gasteiger charge is -2.36. The van der Waals surface area contributed by atoms with E-state index in [0.29, 0.717) is 12.1 Å². The lowest BCUT2D eigenvalue weighted by molar-refractivity contribution is -0.136. The van der Waals surface area contributed by atoms with Crippen molar-refractivity contribution in [1.82, 2.24) is 15.1 Å². The molecule has 5 rings (SSSR count). The van der Waals surface area contributed by atoms with Crippen LogP contribution in [-0.2, 0) is 16.1 Å². The molecule has 2 aromatic carbocycles. The lowest BCUT2D eigenvalue weighted by atomic mass is 10.0. The molecule has 0 bridgehead atoms. The van der Waals surface area contributed by atoms with E-state index in [1.165, 1.54) is 12.1 Å². The Kier molecular flexibility index (Phi) is 5.41. The molecule has 3 aliphatic rings. The zero-order valence-electron chi connectivity index (χ0n) is 17.9. The van der Waals surface area contributed by atoms with E-state index in [2.05, 4.69) is 15.1 Å². The smallest absolute Gasteiger partial charge is 0.262 e. The predicted molar refractivity (Wildman–Crippen MR) is 117 cm³/mol. The van der Waals surface area contributed by atoms with Crippen LogP contribution < -0.4 is 10.2 Å². The summed E-state index contributed by atoms with van der Waals surface area (Å²) in [5.41, 5.74) is 2.34. The Labute approximate surface area is 189 Å². The summed E-state index contributed by atoms with van der Waals surface area (Å²) >= 11 is 0. The normalized spacial score (nSPS) is 21.4. The van der Waals surface area contributed by atoms with Crippen molar-refractivity contribution < 1.29 is 23.6 Å². The molecule has 4 amide bonds. The Bertz CT molecular complexity index is 1160. The van der Waals surface area contributed by atoms with Gasteiger partial charge < -0.3 is 4.90 Å². The molecule has 0 aliphatic carbocycles. The second kappa shape index (κ2) is 8.40. The summed E-state index contributed by atoms with van der Waals surface area (Å²) in [5.74, 6) is -2.26. The van der Waals surface area contributed by atoms with Gasteiger partial charge in [-0.1, -0.05) is 12.1 Å². The van der Waals surface area contributed by atoms with Crippen molar-refractivity contribution in [3.05, 3.63) is 65.0 Å². The van der Waals surface area contributed by atoms with Crippen LogP contribution in [-0.4, -0.2) is 65.6 Å². The van der Waals surface area contributed by atoms with Crippen molar-refractivity contribution in [1.29, 1.82) is 0 Å². The van der Waals surface area contributed by atoms with Crippen LogP contribution in [0.15, 0.2) is 42.5 Å². The van der Waals surface area contributed by atoms with Crippen molar-refractivity contribution in [2.45, 2.75) is 25.4 Å². The number of benzene rings is 2. The molecule has 170 valence electrons. The number of piperazine rings is 1. The number of imide groups is 2. The number of anilines is 1. The van der Waals surface area contributed by atoms with Gasteiger partial charge in [0, 0.05) is 44.8 Å². The fourth-order valence-corrected chi connectivity index (χ4v) is 4.71. The van der Waals surface area contributed by atoms with Crippen LogP contribution >= 0.6 is 0 Å². The summed E-state index contributed by atoms with van der Waals surface area (Å²) in [4.78, 5) is 54.8. The van der Waals surface area contributed by atoms with Crippen molar-refractivity contribution in [2.24, 2.45) is 0 Å². The average Bonchev–Trinajstić information content (AvgIpc) is 3.04. The first kappa shape index (κ1) is 21.3. The summed E-state index contributed by atoms with van der Waals surface area (Å²) in [6.45, 7) is 3.69. The number of rotatable bonds is 4. The van der Waals surface area contributed by atoms with Crippen molar-refractivity contribution in [3.63, 3.8) is 0 Å². The largest absolute Gasteiger partial charge is 0.369 e. The Morgan fingerprint density at radius 3 is 2.39 bits per heavy atom. The van der Waals surface area contributed by atoms with Gasteiger partial charge in [0.25, 0.3) is 11.8 Å². The van der Waals surface area contributed by atoms with Crippen molar-refractivity contribution in [3.8, 4) is 0 Å². The molecule has 2 aromatic rings. The molecule has 8 nitrogen and oxygen atoms in total. The molecule has 33 heavy (non-hydrogen) atoms. The highest BCUT2D eigenvalue weighted by atomic mass is 19.1. The number of halogens is 1. The molecule has 0 aromatic heterocycles. The van der Waals surface area contributed by atoms with Gasteiger partial charge in [0.15, 0.2) is 0 Å². The van der Waals surface area contributed by atoms with E-state index in [9.17, 15) is 23.6 Å². The average molecular weight is 450 g/mol. The summed E-state index contributed by atoms with van der Waals surface area (Å²) in [6, 6.07) is 10.8. The molecular formula is C24H23FN4O4. The van der Waals surface area contributed by atoms with Crippen LogP contribution in [0.4, 0.5) is 10.1 Å². The number of amides is 4. The first-order valence-electron chi connectivity index (χ1n) is 11.0. The number of fused-ring (bicyclic) bond motifs is 1. The Morgan fingerprint density at radius 2 is 1.67 bits per heavy atom. The van der Waals surface area contributed by atoms with E-state index in [1.54, 1.807) is 18.2 Å². The van der Waals surface area contributed by atoms with Crippen LogP contribution in [0.25, 0.3) is 0 Å². The highest BCUT2D eigenvalue weighted by Crippen LogP contribution is 2.29. The molecule has 2 fully saturated rings. The van der Waals surface area contributed by atoms with Crippen LogP contribution in [0.5, 0.6) is 0 Å². The minimum atomic E-state index is -0.963. The first-order chi connectivity index (χ1) is 15.9. The molecule has 9 heteroatoms. The number of nitrogens with zero attached hydrogens (tertiary/aromatic N) is 3. The van der Waals surface area contributed by atoms with Crippen molar-refractivity contribution >= 4 is 29.3 Å². The molecule has 0 saturated carbocycles. The van der Waals surface area contributed by atoms with Crippen LogP contribution in [0.1, 0.15) is 39.1 Å². The quantitative estimate of drug-likeness (QED) is 0.711. The SMILES string of the molecule is O=C1CCC(N2C(=O)c3ccc(CN4CCN(c5cccc(F)c5)CC4)cc3C2=O)C(=O)N1. The molecule has 0 radical (unpaired) electrons. The molecule has 2 saturated heterocycles. The van der Waals surface area contributed by atoms with Gasteiger partial charge >= 0.3 is 0 Å². The van der Waals surface area contributed by atoms with Gasteiger partial charge in [-0.15, -0.1) is 0 Å². The summed E-state index contributed by atoms with van der Waals surface area (Å²) in [6.07, 6.45) is 0.231. The van der Waals surface area contributed by atoms with Gasteiger partial charge in [-0.05, 0) is 42.3 Å². The van der Waals surface area contributed by atoms with Gasteiger partial charge in [-0.2, -0.15) is 0 Å². The van der Waals surface area contributed by atoms with Gasteiger partial charge in [-0.3, -0.25) is 34.3 Å². The van der Waals surface area contributed by atoms with E-state index in [-0.39, 0.29) is 24.2 Å². The monoisotopic (exact) mass is 450 g/mol. The number of carbonyl (C=O) groups is 4. The maximum Gasteiger partial charge on any atom is 0.262 e. The standard InChI is InChI=1S/C24H23FN4O4/c25-16-2-1-3-17(13-16)28-10-8-27(9-11-28)14-15-4-5-18-19(12-15)24(33)29(23(18)32)20-6-7-21(30)26-22(20)31/h1-5,12-13,20H,6-11,14H2,(H,26,30,31). The lowest BCUT2D eigenvalue weighted by Crippen LogP contribution is -2.54. The van der Waals surface area contributed by atoms with Gasteiger partial charge in [0.05, 0.1) is 11.1 Å². The fraction of sp³-hybridized carbons (Fsp3) is 0.333. The minimum absolute atomic E-state index is 0.0939. The Morgan fingerprint density at radius 1 is 0.909 bits per heavy atom. The highest BCUT2D eigenvalue weighted by molar-refractivity contribution is 6.23. The molecule has 1 N–H and O–H groups in total. The second-order valence-corrected chi connectivity index (χ2v) is 8.57. The number of carbonyl (C=O) groups excluding carboxylic acids is 4. The summed E-state index contributed by atoms with van der Waals surface area (Å²) < 4.78 is 13.5. The number of nitrogens with one attached hydrogen (secondary N) is 1. The Balaban J connectivity index is 1.26. The molecule has 0 spiro atoms. The first-order valence-corrected chi connectivity index (χ1v) is 11.0. The van der Waals surface area contributed by atoms with Crippen LogP contribution in [0.3, 0.4) is 0 Å². The third-order valence-corrected chi connectivity index (χ3v) is 6.46. The molecule has 3 heterocycles. The molecule has 1 unspecified atom stereocenters. The molecular weight excluding hydrogens is 427 g/mol. The third-order valence-electron chi connectivity index (χ3n) is 6.46. The number of hydrogen-bond donors (Lipinski definition) is 1. The topological polar surface area (TPSA) is 90.0 Å².